The number of benzene rings is 1. The van der Waals surface area contributed by atoms with Gasteiger partial charge >= 0.3 is 5.91 Å². The highest BCUT2D eigenvalue weighted by Crippen LogP contribution is 2.32. The Kier molecular flexibility index (Phi) is 5.28. The van der Waals surface area contributed by atoms with Crippen molar-refractivity contribution in [2.75, 3.05) is 5.32 Å². The first-order valence-electron chi connectivity index (χ1n) is 10.0. The van der Waals surface area contributed by atoms with E-state index in [0.717, 1.165) is 18.4 Å². The number of nitrogens with one attached hydrogen (secondary N) is 1. The van der Waals surface area contributed by atoms with Crippen LogP contribution in [0.25, 0.3) is 0 Å². The molecule has 0 bridgehead atoms. The van der Waals surface area contributed by atoms with Crippen LogP contribution in [0.4, 0.5) is 5.82 Å². The first kappa shape index (κ1) is 18.5. The Balaban J connectivity index is 1.58. The van der Waals surface area contributed by atoms with Gasteiger partial charge in [-0.1, -0.05) is 56.4 Å². The SMILES string of the molecule is O=C(Nc1cccc[n+]1[O-])[C@H](CC1CCCCC1)N1Cc2ccccc2C1=O. The molecule has 2 aromatic rings. The molecule has 1 atom stereocenters. The van der Waals surface area contributed by atoms with Gasteiger partial charge in [0.2, 0.25) is 0 Å². The average molecular weight is 379 g/mol. The maximum atomic E-state index is 13.2. The van der Waals surface area contributed by atoms with Crippen LogP contribution in [0.3, 0.4) is 0 Å². The molecule has 1 aliphatic heterocycles. The molecular formula is C22H25N3O3. The lowest BCUT2D eigenvalue weighted by Crippen LogP contribution is -2.47. The number of anilines is 1. The molecule has 0 unspecified atom stereocenters. The lowest BCUT2D eigenvalue weighted by Gasteiger charge is -2.30. The fourth-order valence-electron chi connectivity index (χ4n) is 4.38. The second kappa shape index (κ2) is 8.00. The van der Waals surface area contributed by atoms with Crippen LogP contribution in [-0.4, -0.2) is 22.8 Å². The number of pyridine rings is 1. The Morgan fingerprint density at radius 2 is 1.89 bits per heavy atom. The van der Waals surface area contributed by atoms with Crippen molar-refractivity contribution in [1.82, 2.24) is 4.90 Å². The summed E-state index contributed by atoms with van der Waals surface area (Å²) in [6.45, 7) is 0.436. The Morgan fingerprint density at radius 1 is 1.14 bits per heavy atom. The monoisotopic (exact) mass is 379 g/mol. The number of hydrogen-bond acceptors (Lipinski definition) is 3. The van der Waals surface area contributed by atoms with Gasteiger partial charge < -0.3 is 10.1 Å². The number of carbonyl (C=O) groups excluding carboxylic acids is 2. The number of rotatable bonds is 5. The van der Waals surface area contributed by atoms with Crippen molar-refractivity contribution >= 4 is 17.6 Å². The van der Waals surface area contributed by atoms with E-state index in [1.807, 2.05) is 24.3 Å². The van der Waals surface area contributed by atoms with Gasteiger partial charge in [0.05, 0.1) is 6.20 Å². The number of amides is 2. The van der Waals surface area contributed by atoms with Crippen molar-refractivity contribution in [3.05, 3.63) is 65.0 Å². The van der Waals surface area contributed by atoms with E-state index >= 15 is 0 Å². The minimum absolute atomic E-state index is 0.102. The van der Waals surface area contributed by atoms with Gasteiger partial charge in [-0.15, -0.1) is 0 Å². The van der Waals surface area contributed by atoms with E-state index in [1.165, 1.54) is 25.5 Å². The summed E-state index contributed by atoms with van der Waals surface area (Å²) in [6, 6.07) is 11.8. The highest BCUT2D eigenvalue weighted by Gasteiger charge is 2.39. The summed E-state index contributed by atoms with van der Waals surface area (Å²) < 4.78 is 0.635. The van der Waals surface area contributed by atoms with Gasteiger partial charge in [-0.3, -0.25) is 4.79 Å². The summed E-state index contributed by atoms with van der Waals surface area (Å²) in [5.74, 6) is 0.221. The lowest BCUT2D eigenvalue weighted by molar-refractivity contribution is -0.590. The van der Waals surface area contributed by atoms with Gasteiger partial charge in [0.25, 0.3) is 11.7 Å². The number of hydrogen-bond donors (Lipinski definition) is 1. The van der Waals surface area contributed by atoms with E-state index in [-0.39, 0.29) is 17.6 Å². The summed E-state index contributed by atoms with van der Waals surface area (Å²) in [5.41, 5.74) is 1.62. The topological polar surface area (TPSA) is 76.4 Å². The molecule has 1 aromatic carbocycles. The fourth-order valence-corrected chi connectivity index (χ4v) is 4.38. The van der Waals surface area contributed by atoms with E-state index in [1.54, 1.807) is 23.1 Å². The van der Waals surface area contributed by atoms with Gasteiger partial charge in [-0.25, -0.2) is 14.8 Å². The molecule has 4 rings (SSSR count). The highest BCUT2D eigenvalue weighted by atomic mass is 16.5. The van der Waals surface area contributed by atoms with Gasteiger partial charge in [0, 0.05) is 18.2 Å². The molecule has 6 heteroatoms. The standard InChI is InChI=1S/C22H25N3O3/c26-21(23-20-12-6-7-13-25(20)28)19(14-16-8-2-1-3-9-16)24-15-17-10-4-5-11-18(17)22(24)27/h4-7,10-13,16,19H,1-3,8-9,14-15H2,(H,23,26)/t19-/m0/s1. The summed E-state index contributed by atoms with van der Waals surface area (Å²) in [6.07, 6.45) is 7.75. The second-order valence-corrected chi connectivity index (χ2v) is 7.75. The van der Waals surface area contributed by atoms with Crippen molar-refractivity contribution in [2.24, 2.45) is 5.92 Å². The first-order chi connectivity index (χ1) is 13.6. The molecule has 1 N–H and O–H groups in total. The molecule has 28 heavy (non-hydrogen) atoms. The van der Waals surface area contributed by atoms with Crippen LogP contribution >= 0.6 is 0 Å². The molecule has 0 saturated heterocycles. The van der Waals surface area contributed by atoms with Gasteiger partial charge in [0.15, 0.2) is 0 Å². The molecule has 2 aliphatic rings. The molecule has 2 amide bonds. The van der Waals surface area contributed by atoms with Crippen LogP contribution in [0.2, 0.25) is 0 Å². The van der Waals surface area contributed by atoms with E-state index in [4.69, 9.17) is 0 Å². The molecule has 1 aromatic heterocycles. The lowest BCUT2D eigenvalue weighted by atomic mass is 9.84. The Labute approximate surface area is 164 Å². The van der Waals surface area contributed by atoms with Crippen LogP contribution in [-0.2, 0) is 11.3 Å². The molecule has 0 spiro atoms. The predicted octanol–water partition coefficient (Wildman–Crippen LogP) is 3.25. The predicted molar refractivity (Wildman–Crippen MR) is 105 cm³/mol. The van der Waals surface area contributed by atoms with Crippen molar-refractivity contribution < 1.29 is 14.3 Å². The zero-order valence-electron chi connectivity index (χ0n) is 15.8. The average Bonchev–Trinajstić information content (AvgIpc) is 3.05. The zero-order valence-corrected chi connectivity index (χ0v) is 15.8. The van der Waals surface area contributed by atoms with E-state index < -0.39 is 6.04 Å². The van der Waals surface area contributed by atoms with Crippen molar-refractivity contribution in [3.8, 4) is 0 Å². The quantitative estimate of drug-likeness (QED) is 0.640. The summed E-state index contributed by atoms with van der Waals surface area (Å²) in [5, 5.41) is 14.7. The minimum atomic E-state index is -0.580. The molecular weight excluding hydrogens is 354 g/mol. The molecule has 146 valence electrons. The Morgan fingerprint density at radius 3 is 2.64 bits per heavy atom. The third-order valence-electron chi connectivity index (χ3n) is 5.88. The van der Waals surface area contributed by atoms with Gasteiger partial charge in [-0.2, -0.15) is 0 Å². The number of nitrogens with zero attached hydrogens (tertiary/aromatic N) is 2. The van der Waals surface area contributed by atoms with Crippen LogP contribution in [0.15, 0.2) is 48.7 Å². The van der Waals surface area contributed by atoms with Crippen molar-refractivity contribution in [3.63, 3.8) is 0 Å². The minimum Gasteiger partial charge on any atom is -0.711 e. The van der Waals surface area contributed by atoms with Crippen molar-refractivity contribution in [1.29, 1.82) is 0 Å². The fraction of sp³-hybridized carbons (Fsp3) is 0.409. The maximum Gasteiger partial charge on any atom is 0.330 e. The van der Waals surface area contributed by atoms with Gasteiger partial charge in [-0.05, 0) is 30.0 Å². The van der Waals surface area contributed by atoms with E-state index in [9.17, 15) is 14.8 Å². The molecule has 0 radical (unpaired) electrons. The Hall–Kier alpha value is -2.89. The summed E-state index contributed by atoms with van der Waals surface area (Å²) >= 11 is 0. The number of carbonyl (C=O) groups is 2. The normalized spacial score (nSPS) is 18.0. The van der Waals surface area contributed by atoms with Crippen LogP contribution in [0, 0.1) is 11.1 Å². The molecule has 1 fully saturated rings. The summed E-state index contributed by atoms with van der Waals surface area (Å²) in [4.78, 5) is 27.8. The second-order valence-electron chi connectivity index (χ2n) is 7.75. The van der Waals surface area contributed by atoms with Crippen LogP contribution < -0.4 is 10.0 Å². The van der Waals surface area contributed by atoms with Crippen LogP contribution in [0.1, 0.15) is 54.4 Å². The largest absolute Gasteiger partial charge is 0.711 e. The Bertz CT molecular complexity index is 877. The first-order valence-corrected chi connectivity index (χ1v) is 10.0. The molecule has 6 nitrogen and oxygen atoms in total. The third kappa shape index (κ3) is 3.72. The summed E-state index contributed by atoms with van der Waals surface area (Å²) in [7, 11) is 0. The third-order valence-corrected chi connectivity index (χ3v) is 5.88. The number of fused-ring (bicyclic) bond motifs is 1. The van der Waals surface area contributed by atoms with Crippen molar-refractivity contribution in [2.45, 2.75) is 51.1 Å². The molecule has 1 saturated carbocycles. The highest BCUT2D eigenvalue weighted by molar-refractivity contribution is 6.03. The van der Waals surface area contributed by atoms with E-state index in [0.29, 0.717) is 29.2 Å². The molecule has 2 heterocycles. The maximum absolute atomic E-state index is 13.2. The van der Waals surface area contributed by atoms with Crippen LogP contribution in [0.5, 0.6) is 0 Å². The van der Waals surface area contributed by atoms with Gasteiger partial charge in [0.1, 0.15) is 6.04 Å². The smallest absolute Gasteiger partial charge is 0.330 e. The molecule has 1 aliphatic carbocycles. The zero-order chi connectivity index (χ0) is 19.5. The van der Waals surface area contributed by atoms with E-state index in [2.05, 4.69) is 5.32 Å². The number of aromatic nitrogens is 1.